The molecule has 2 aromatic heterocycles. The zero-order valence-corrected chi connectivity index (χ0v) is 26.3. The van der Waals surface area contributed by atoms with E-state index in [2.05, 4.69) is 4.98 Å². The first kappa shape index (κ1) is 22.3. The molecular weight excluding hydrogens is 587 g/mol. The second-order valence-corrected chi connectivity index (χ2v) is 11.7. The largest absolute Gasteiger partial charge is 0.507 e. The number of rotatable bonds is 6. The molecule has 0 bridgehead atoms. The number of hydrogen-bond donors (Lipinski definition) is 1. The second kappa shape index (κ2) is 12.2. The van der Waals surface area contributed by atoms with Crippen LogP contribution in [0.2, 0.25) is 0 Å². The van der Waals surface area contributed by atoms with Gasteiger partial charge in [-0.2, -0.15) is 0 Å². The van der Waals surface area contributed by atoms with Gasteiger partial charge in [-0.3, -0.25) is 9.55 Å². The molecule has 0 fully saturated rings. The predicted octanol–water partition coefficient (Wildman–Crippen LogP) is 11.1. The molecule has 0 saturated heterocycles. The van der Waals surface area contributed by atoms with Crippen LogP contribution < -0.4 is 0 Å². The SMILES string of the molecule is [2H]c1c([2H])c([2H])c(-c2c([2H])c(-c3cc(-c4ccccc4)ccn3)cc(-c3cccc4c3nc(-c3cc(C)cc(C)c3O)n4-c3ccccc3)c2[2H])c([2H])c1[2H]. The first-order chi connectivity index (χ1) is 26.5. The topological polar surface area (TPSA) is 50.9 Å². The molecular formula is C44H33N3O. The van der Waals surface area contributed by atoms with E-state index in [4.69, 9.17) is 11.8 Å². The zero-order chi connectivity index (χ0) is 38.7. The Morgan fingerprint density at radius 3 is 2.17 bits per heavy atom. The zero-order valence-electron chi connectivity index (χ0n) is 33.3. The van der Waals surface area contributed by atoms with Crippen molar-refractivity contribution in [2.75, 3.05) is 0 Å². The van der Waals surface area contributed by atoms with E-state index in [1.54, 1.807) is 12.3 Å². The van der Waals surface area contributed by atoms with Gasteiger partial charge in [-0.15, -0.1) is 0 Å². The van der Waals surface area contributed by atoms with Gasteiger partial charge < -0.3 is 5.11 Å². The fourth-order valence-electron chi connectivity index (χ4n) is 6.15. The van der Waals surface area contributed by atoms with Crippen molar-refractivity contribution >= 4 is 11.0 Å². The van der Waals surface area contributed by atoms with Gasteiger partial charge in [0.2, 0.25) is 0 Å². The fraction of sp³-hybridized carbons (Fsp3) is 0.0455. The number of aromatic hydroxyl groups is 1. The number of phenols is 1. The summed E-state index contributed by atoms with van der Waals surface area (Å²) in [5, 5.41) is 11.4. The van der Waals surface area contributed by atoms with Crippen molar-refractivity contribution in [1.82, 2.24) is 14.5 Å². The average molecular weight is 627 g/mol. The molecule has 0 unspecified atom stereocenters. The predicted molar refractivity (Wildman–Crippen MR) is 197 cm³/mol. The smallest absolute Gasteiger partial charge is 0.149 e. The van der Waals surface area contributed by atoms with Gasteiger partial charge in [-0.25, -0.2) is 4.98 Å². The van der Waals surface area contributed by atoms with Crippen LogP contribution in [-0.2, 0) is 0 Å². The maximum absolute atomic E-state index is 11.4. The van der Waals surface area contributed by atoms with Gasteiger partial charge in [0.05, 0.1) is 31.9 Å². The lowest BCUT2D eigenvalue weighted by Crippen LogP contribution is -1.98. The Bertz CT molecular complexity index is 2790. The average Bonchev–Trinajstić information content (AvgIpc) is 3.59. The summed E-state index contributed by atoms with van der Waals surface area (Å²) < 4.78 is 64.1. The van der Waals surface area contributed by atoms with Gasteiger partial charge in [0, 0.05) is 23.0 Å². The van der Waals surface area contributed by atoms with Crippen LogP contribution in [0.1, 0.15) is 20.7 Å². The third kappa shape index (κ3) is 5.33. The highest BCUT2D eigenvalue weighted by atomic mass is 16.3. The molecule has 0 aliphatic carbocycles. The molecule has 4 nitrogen and oxygen atoms in total. The number of imidazole rings is 1. The maximum atomic E-state index is 11.4. The van der Waals surface area contributed by atoms with Gasteiger partial charge in [0.15, 0.2) is 0 Å². The molecule has 6 aromatic carbocycles. The lowest BCUT2D eigenvalue weighted by molar-refractivity contribution is 0.472. The number of aromatic nitrogens is 3. The van der Waals surface area contributed by atoms with Crippen molar-refractivity contribution in [3.05, 3.63) is 169 Å². The highest BCUT2D eigenvalue weighted by molar-refractivity contribution is 5.97. The second-order valence-electron chi connectivity index (χ2n) is 11.7. The van der Waals surface area contributed by atoms with Crippen LogP contribution in [0.4, 0.5) is 0 Å². The van der Waals surface area contributed by atoms with Crippen LogP contribution in [-0.4, -0.2) is 19.6 Å². The number of fused-ring (bicyclic) bond motifs is 1. The van der Waals surface area contributed by atoms with E-state index in [0.717, 1.165) is 22.4 Å². The summed E-state index contributed by atoms with van der Waals surface area (Å²) in [5.74, 6) is 0.569. The van der Waals surface area contributed by atoms with E-state index in [0.29, 0.717) is 50.4 Å². The summed E-state index contributed by atoms with van der Waals surface area (Å²) in [6, 6.07) is 31.0. The Hall–Kier alpha value is -6.26. The first-order valence-corrected chi connectivity index (χ1v) is 15.6. The number of aryl methyl sites for hydroxylation is 2. The van der Waals surface area contributed by atoms with Crippen LogP contribution in [0.5, 0.6) is 5.75 Å². The normalized spacial score (nSPS) is 13.2. The summed E-state index contributed by atoms with van der Waals surface area (Å²) in [5.41, 5.74) is 7.08. The van der Waals surface area contributed by atoms with Crippen molar-refractivity contribution in [3.63, 3.8) is 0 Å². The molecule has 1 N–H and O–H groups in total. The standard InChI is InChI=1S/C44H33N3O/c1-29-23-30(2)43(48)39(24-29)44-46-42-38(19-12-20-41(42)47(44)37-17-10-5-11-18-37)35-25-34(32-15-8-4-9-16-32)26-36(27-35)40-28-33(21-22-45-40)31-13-6-3-7-14-31/h3-28,48H,1-2H3/i4D,8D,9D,15D,16D,25D,26D. The Morgan fingerprint density at radius 1 is 0.625 bits per heavy atom. The molecule has 0 spiro atoms. The summed E-state index contributed by atoms with van der Waals surface area (Å²) in [7, 11) is 0. The summed E-state index contributed by atoms with van der Waals surface area (Å²) >= 11 is 0. The van der Waals surface area contributed by atoms with Crippen molar-refractivity contribution < 1.29 is 14.7 Å². The molecule has 4 heteroatoms. The molecule has 8 aromatic rings. The van der Waals surface area contributed by atoms with Crippen molar-refractivity contribution in [1.29, 1.82) is 0 Å². The highest BCUT2D eigenvalue weighted by Crippen LogP contribution is 2.40. The van der Waals surface area contributed by atoms with Crippen molar-refractivity contribution in [2.24, 2.45) is 0 Å². The van der Waals surface area contributed by atoms with Gasteiger partial charge >= 0.3 is 0 Å². The van der Waals surface area contributed by atoms with Crippen LogP contribution in [0.3, 0.4) is 0 Å². The summed E-state index contributed by atoms with van der Waals surface area (Å²) in [6.07, 6.45) is 1.64. The minimum Gasteiger partial charge on any atom is -0.507 e. The van der Waals surface area contributed by atoms with E-state index in [-0.39, 0.29) is 29.0 Å². The van der Waals surface area contributed by atoms with Gasteiger partial charge in [-0.1, -0.05) is 96.9 Å². The summed E-state index contributed by atoms with van der Waals surface area (Å²) in [6.45, 7) is 3.79. The molecule has 8 rings (SSSR count). The van der Waals surface area contributed by atoms with E-state index in [1.807, 2.05) is 122 Å². The number of para-hydroxylation sites is 2. The van der Waals surface area contributed by atoms with Gasteiger partial charge in [0.1, 0.15) is 11.6 Å². The van der Waals surface area contributed by atoms with Crippen molar-refractivity contribution in [2.45, 2.75) is 13.8 Å². The van der Waals surface area contributed by atoms with E-state index >= 15 is 0 Å². The maximum Gasteiger partial charge on any atom is 0.149 e. The number of hydrogen-bond acceptors (Lipinski definition) is 3. The monoisotopic (exact) mass is 626 g/mol. The molecule has 0 atom stereocenters. The van der Waals surface area contributed by atoms with E-state index in [1.165, 1.54) is 0 Å². The molecule has 0 aliphatic heterocycles. The Morgan fingerprint density at radius 2 is 1.38 bits per heavy atom. The number of pyridine rings is 1. The molecule has 230 valence electrons. The van der Waals surface area contributed by atoms with Crippen molar-refractivity contribution in [3.8, 4) is 67.5 Å². The lowest BCUT2D eigenvalue weighted by atomic mass is 9.93. The Balaban J connectivity index is 1.48. The Kier molecular flexibility index (Phi) is 5.65. The minimum absolute atomic E-state index is 0.0921. The lowest BCUT2D eigenvalue weighted by Gasteiger charge is -2.13. The number of benzene rings is 6. The van der Waals surface area contributed by atoms with Crippen LogP contribution in [0.25, 0.3) is 72.7 Å². The number of nitrogens with zero attached hydrogens (tertiary/aromatic N) is 3. The molecule has 0 radical (unpaired) electrons. The quantitative estimate of drug-likeness (QED) is 0.200. The first-order valence-electron chi connectivity index (χ1n) is 19.1. The highest BCUT2D eigenvalue weighted by Gasteiger charge is 2.21. The third-order valence-electron chi connectivity index (χ3n) is 8.38. The molecule has 0 aliphatic rings. The van der Waals surface area contributed by atoms with Crippen LogP contribution >= 0.6 is 0 Å². The van der Waals surface area contributed by atoms with Gasteiger partial charge in [0.25, 0.3) is 0 Å². The molecule has 48 heavy (non-hydrogen) atoms. The van der Waals surface area contributed by atoms with Crippen LogP contribution in [0.15, 0.2) is 158 Å². The summed E-state index contributed by atoms with van der Waals surface area (Å²) in [4.78, 5) is 9.82. The van der Waals surface area contributed by atoms with E-state index < -0.39 is 30.2 Å². The van der Waals surface area contributed by atoms with Crippen LogP contribution in [0, 0.1) is 13.8 Å². The molecule has 0 saturated carbocycles. The van der Waals surface area contributed by atoms with E-state index in [9.17, 15) is 7.85 Å². The van der Waals surface area contributed by atoms with Gasteiger partial charge in [-0.05, 0) is 107 Å². The third-order valence-corrected chi connectivity index (χ3v) is 8.38. The minimum atomic E-state index is -0.566. The number of phenolic OH excluding ortho intramolecular Hbond substituents is 1. The fourth-order valence-corrected chi connectivity index (χ4v) is 6.15. The molecule has 2 heterocycles. The Labute approximate surface area is 290 Å². The molecule has 0 amide bonds.